The Bertz CT molecular complexity index is 675. The summed E-state index contributed by atoms with van der Waals surface area (Å²) in [5.41, 5.74) is 5.78. The predicted molar refractivity (Wildman–Crippen MR) is 74.0 cm³/mol. The molecule has 102 valence electrons. The van der Waals surface area contributed by atoms with Gasteiger partial charge in [0.2, 0.25) is 0 Å². The quantitative estimate of drug-likeness (QED) is 0.293. The molecule has 2 aromatic rings. The SMILES string of the molecule is NC(=NO)c1cc(Sc2ccccc2[N+](=O)[O-])ccn1. The Labute approximate surface area is 118 Å². The number of aromatic nitrogens is 1. The van der Waals surface area contributed by atoms with Crippen LogP contribution in [0.25, 0.3) is 0 Å². The Morgan fingerprint density at radius 1 is 1.40 bits per heavy atom. The Kier molecular flexibility index (Phi) is 4.16. The number of rotatable bonds is 4. The van der Waals surface area contributed by atoms with Crippen LogP contribution in [-0.4, -0.2) is 21.0 Å². The highest BCUT2D eigenvalue weighted by atomic mass is 32.2. The molecular formula is C12H10N4O3S. The first-order chi connectivity index (χ1) is 9.61. The minimum atomic E-state index is -0.437. The highest BCUT2D eigenvalue weighted by Crippen LogP contribution is 2.34. The van der Waals surface area contributed by atoms with Gasteiger partial charge < -0.3 is 10.9 Å². The number of oxime groups is 1. The van der Waals surface area contributed by atoms with Crippen LogP contribution in [0.15, 0.2) is 57.5 Å². The Hall–Kier alpha value is -2.61. The van der Waals surface area contributed by atoms with Crippen molar-refractivity contribution in [2.75, 3.05) is 0 Å². The van der Waals surface area contributed by atoms with Gasteiger partial charge in [-0.05, 0) is 18.2 Å². The van der Waals surface area contributed by atoms with E-state index in [1.807, 2.05) is 0 Å². The summed E-state index contributed by atoms with van der Waals surface area (Å²) in [6, 6.07) is 9.71. The van der Waals surface area contributed by atoms with Gasteiger partial charge in [-0.1, -0.05) is 29.1 Å². The first kappa shape index (κ1) is 13.8. The molecular weight excluding hydrogens is 280 g/mol. The van der Waals surface area contributed by atoms with Crippen LogP contribution >= 0.6 is 11.8 Å². The van der Waals surface area contributed by atoms with Gasteiger partial charge >= 0.3 is 0 Å². The Balaban J connectivity index is 2.34. The summed E-state index contributed by atoms with van der Waals surface area (Å²) in [7, 11) is 0. The largest absolute Gasteiger partial charge is 0.409 e. The maximum Gasteiger partial charge on any atom is 0.283 e. The molecule has 0 amide bonds. The molecule has 0 aliphatic carbocycles. The average molecular weight is 290 g/mol. The fraction of sp³-hybridized carbons (Fsp3) is 0. The lowest BCUT2D eigenvalue weighted by atomic mass is 10.3. The second-order valence-electron chi connectivity index (χ2n) is 3.69. The maximum absolute atomic E-state index is 10.9. The lowest BCUT2D eigenvalue weighted by Gasteiger charge is -2.04. The van der Waals surface area contributed by atoms with Crippen molar-refractivity contribution >= 4 is 23.3 Å². The van der Waals surface area contributed by atoms with Gasteiger partial charge in [-0.15, -0.1) is 0 Å². The van der Waals surface area contributed by atoms with Crippen molar-refractivity contribution in [2.24, 2.45) is 10.9 Å². The first-order valence-corrected chi connectivity index (χ1v) is 6.28. The van der Waals surface area contributed by atoms with Crippen molar-refractivity contribution in [2.45, 2.75) is 9.79 Å². The molecule has 0 fully saturated rings. The van der Waals surface area contributed by atoms with E-state index < -0.39 is 4.92 Å². The van der Waals surface area contributed by atoms with E-state index in [9.17, 15) is 10.1 Å². The smallest absolute Gasteiger partial charge is 0.283 e. The summed E-state index contributed by atoms with van der Waals surface area (Å²) in [4.78, 5) is 15.7. The van der Waals surface area contributed by atoms with Gasteiger partial charge in [0.1, 0.15) is 5.69 Å². The number of benzene rings is 1. The standard InChI is InChI=1S/C12H10N4O3S/c13-12(15-17)9-7-8(5-6-14-9)20-11-4-2-1-3-10(11)16(18)19/h1-7,17H,(H2,13,15). The molecule has 0 bridgehead atoms. The zero-order chi connectivity index (χ0) is 14.5. The summed E-state index contributed by atoms with van der Waals surface area (Å²) in [5.74, 6) is -0.116. The van der Waals surface area contributed by atoms with Gasteiger partial charge in [-0.25, -0.2) is 0 Å². The lowest BCUT2D eigenvalue weighted by molar-refractivity contribution is -0.387. The highest BCUT2D eigenvalue weighted by Gasteiger charge is 2.14. The lowest BCUT2D eigenvalue weighted by Crippen LogP contribution is -2.14. The van der Waals surface area contributed by atoms with E-state index in [1.54, 1.807) is 30.3 Å². The predicted octanol–water partition coefficient (Wildman–Crippen LogP) is 2.24. The molecule has 1 aromatic heterocycles. The third-order valence-electron chi connectivity index (χ3n) is 2.39. The molecule has 1 aromatic carbocycles. The molecule has 20 heavy (non-hydrogen) atoms. The van der Waals surface area contributed by atoms with E-state index in [4.69, 9.17) is 10.9 Å². The van der Waals surface area contributed by atoms with Crippen molar-refractivity contribution in [3.8, 4) is 0 Å². The summed E-state index contributed by atoms with van der Waals surface area (Å²) in [5, 5.41) is 22.4. The van der Waals surface area contributed by atoms with E-state index in [1.165, 1.54) is 24.0 Å². The van der Waals surface area contributed by atoms with Gasteiger partial charge in [0.25, 0.3) is 5.69 Å². The van der Waals surface area contributed by atoms with Crippen molar-refractivity contribution in [1.82, 2.24) is 4.98 Å². The number of pyridine rings is 1. The Morgan fingerprint density at radius 2 is 2.15 bits per heavy atom. The number of nitrogens with zero attached hydrogens (tertiary/aromatic N) is 3. The second-order valence-corrected chi connectivity index (χ2v) is 4.80. The molecule has 0 spiro atoms. The van der Waals surface area contributed by atoms with Gasteiger partial charge in [-0.2, -0.15) is 0 Å². The summed E-state index contributed by atoms with van der Waals surface area (Å²) in [6.07, 6.45) is 1.49. The van der Waals surface area contributed by atoms with Gasteiger partial charge in [0, 0.05) is 17.2 Å². The molecule has 0 aliphatic heterocycles. The van der Waals surface area contributed by atoms with E-state index in [2.05, 4.69) is 10.1 Å². The number of para-hydroxylation sites is 1. The van der Waals surface area contributed by atoms with Crippen LogP contribution in [0, 0.1) is 10.1 Å². The molecule has 2 rings (SSSR count). The fourth-order valence-electron chi connectivity index (χ4n) is 1.49. The molecule has 0 radical (unpaired) electrons. The molecule has 0 saturated heterocycles. The minimum Gasteiger partial charge on any atom is -0.409 e. The molecule has 1 heterocycles. The second kappa shape index (κ2) is 6.02. The van der Waals surface area contributed by atoms with Crippen LogP contribution in [0.4, 0.5) is 5.69 Å². The van der Waals surface area contributed by atoms with Gasteiger partial charge in [0.05, 0.1) is 9.82 Å². The van der Waals surface area contributed by atoms with E-state index >= 15 is 0 Å². The fourth-order valence-corrected chi connectivity index (χ4v) is 2.43. The van der Waals surface area contributed by atoms with Gasteiger partial charge in [0.15, 0.2) is 5.84 Å². The summed E-state index contributed by atoms with van der Waals surface area (Å²) in [6.45, 7) is 0. The first-order valence-electron chi connectivity index (χ1n) is 5.47. The zero-order valence-corrected chi connectivity index (χ0v) is 10.9. The van der Waals surface area contributed by atoms with Crippen molar-refractivity contribution in [3.05, 3.63) is 58.4 Å². The van der Waals surface area contributed by atoms with Crippen LogP contribution in [0.3, 0.4) is 0 Å². The number of nitro groups is 1. The van der Waals surface area contributed by atoms with E-state index in [0.717, 1.165) is 0 Å². The van der Waals surface area contributed by atoms with Crippen LogP contribution in [-0.2, 0) is 0 Å². The van der Waals surface area contributed by atoms with Crippen LogP contribution in [0.1, 0.15) is 5.69 Å². The maximum atomic E-state index is 10.9. The van der Waals surface area contributed by atoms with Crippen molar-refractivity contribution in [3.63, 3.8) is 0 Å². The Morgan fingerprint density at radius 3 is 2.85 bits per heavy atom. The number of hydrogen-bond acceptors (Lipinski definition) is 6. The summed E-state index contributed by atoms with van der Waals surface area (Å²) < 4.78 is 0. The van der Waals surface area contributed by atoms with Crippen molar-refractivity contribution in [1.29, 1.82) is 0 Å². The number of nitro benzene ring substituents is 1. The molecule has 0 atom stereocenters. The molecule has 0 saturated carbocycles. The third-order valence-corrected chi connectivity index (χ3v) is 3.45. The third kappa shape index (κ3) is 3.04. The zero-order valence-electron chi connectivity index (χ0n) is 10.1. The molecule has 7 nitrogen and oxygen atoms in total. The molecule has 0 aliphatic rings. The van der Waals surface area contributed by atoms with E-state index in [-0.39, 0.29) is 11.5 Å². The number of nitrogens with two attached hydrogens (primary N) is 1. The minimum absolute atomic E-state index is 0.0275. The number of amidine groups is 1. The van der Waals surface area contributed by atoms with Crippen LogP contribution in [0.2, 0.25) is 0 Å². The molecule has 8 heteroatoms. The molecule has 3 N–H and O–H groups in total. The monoisotopic (exact) mass is 290 g/mol. The van der Waals surface area contributed by atoms with Crippen LogP contribution in [0.5, 0.6) is 0 Å². The normalized spacial score (nSPS) is 11.3. The molecule has 0 unspecified atom stereocenters. The van der Waals surface area contributed by atoms with E-state index in [0.29, 0.717) is 15.5 Å². The topological polar surface area (TPSA) is 115 Å². The van der Waals surface area contributed by atoms with Crippen LogP contribution < -0.4 is 5.73 Å². The number of hydrogen-bond donors (Lipinski definition) is 2. The summed E-state index contributed by atoms with van der Waals surface area (Å²) >= 11 is 1.21. The highest BCUT2D eigenvalue weighted by molar-refractivity contribution is 7.99. The van der Waals surface area contributed by atoms with Gasteiger partial charge in [-0.3, -0.25) is 15.1 Å². The van der Waals surface area contributed by atoms with Crippen molar-refractivity contribution < 1.29 is 10.1 Å². The average Bonchev–Trinajstić information content (AvgIpc) is 2.47.